The lowest BCUT2D eigenvalue weighted by Crippen LogP contribution is -2.14. The number of amides is 1. The monoisotopic (exact) mass is 378 g/mol. The normalized spacial score (nSPS) is 10.4. The molecule has 0 aliphatic carbocycles. The molecule has 1 aromatic heterocycles. The molecule has 5 heteroatoms. The van der Waals surface area contributed by atoms with Gasteiger partial charge in [-0.3, -0.25) is 4.79 Å². The van der Waals surface area contributed by atoms with Crippen LogP contribution in [0.1, 0.15) is 27.0 Å². The lowest BCUT2D eigenvalue weighted by molar-refractivity contribution is 0.102. The van der Waals surface area contributed by atoms with Crippen molar-refractivity contribution in [3.63, 3.8) is 0 Å². The first-order valence-corrected chi connectivity index (χ1v) is 10.1. The highest BCUT2D eigenvalue weighted by atomic mass is 32.2. The number of carbonyl (C=O) groups excluding carboxylic acids is 1. The number of nitrogens with one attached hydrogen (secondary N) is 1. The predicted molar refractivity (Wildman–Crippen MR) is 111 cm³/mol. The minimum Gasteiger partial charge on any atom is -0.485 e. The largest absolute Gasteiger partial charge is 0.485 e. The van der Waals surface area contributed by atoms with Crippen LogP contribution in [0.3, 0.4) is 0 Å². The molecular formula is C22H22N2O2S. The van der Waals surface area contributed by atoms with Crippen molar-refractivity contribution in [2.24, 2.45) is 0 Å². The van der Waals surface area contributed by atoms with Gasteiger partial charge in [-0.05, 0) is 54.1 Å². The molecule has 0 unspecified atom stereocenters. The second-order valence-electron chi connectivity index (χ2n) is 6.15. The van der Waals surface area contributed by atoms with E-state index in [4.69, 9.17) is 4.74 Å². The van der Waals surface area contributed by atoms with E-state index in [1.54, 1.807) is 24.0 Å². The average Bonchev–Trinajstić information content (AvgIpc) is 2.69. The Bertz CT molecular complexity index is 910. The van der Waals surface area contributed by atoms with E-state index in [2.05, 4.69) is 16.6 Å². The fourth-order valence-electron chi connectivity index (χ4n) is 2.63. The van der Waals surface area contributed by atoms with E-state index in [0.717, 1.165) is 16.9 Å². The summed E-state index contributed by atoms with van der Waals surface area (Å²) in [7, 11) is 0. The van der Waals surface area contributed by atoms with E-state index >= 15 is 0 Å². The van der Waals surface area contributed by atoms with Crippen molar-refractivity contribution in [1.29, 1.82) is 0 Å². The summed E-state index contributed by atoms with van der Waals surface area (Å²) in [5.74, 6) is 1.70. The molecule has 0 atom stereocenters. The summed E-state index contributed by atoms with van der Waals surface area (Å²) in [6.45, 7) is 2.47. The Hall–Kier alpha value is -2.79. The third kappa shape index (κ3) is 5.11. The second-order valence-corrected chi connectivity index (χ2v) is 7.02. The quantitative estimate of drug-likeness (QED) is 0.622. The Morgan fingerprint density at radius 3 is 2.59 bits per heavy atom. The van der Waals surface area contributed by atoms with Crippen molar-refractivity contribution in [1.82, 2.24) is 4.98 Å². The van der Waals surface area contributed by atoms with Crippen molar-refractivity contribution in [2.45, 2.75) is 19.3 Å². The molecule has 1 amide bonds. The van der Waals surface area contributed by atoms with Crippen molar-refractivity contribution < 1.29 is 9.53 Å². The molecule has 0 spiro atoms. The third-order valence-corrected chi connectivity index (χ3v) is 4.80. The zero-order valence-corrected chi connectivity index (χ0v) is 16.3. The number of hydrogen-bond acceptors (Lipinski definition) is 4. The van der Waals surface area contributed by atoms with E-state index in [0.29, 0.717) is 23.7 Å². The smallest absolute Gasteiger partial charge is 0.256 e. The van der Waals surface area contributed by atoms with Gasteiger partial charge in [-0.15, -0.1) is 0 Å². The Balaban J connectivity index is 1.70. The highest BCUT2D eigenvalue weighted by Crippen LogP contribution is 2.23. The lowest BCUT2D eigenvalue weighted by atomic mass is 10.1. The number of hydrogen-bond donors (Lipinski definition) is 1. The molecule has 2 aromatic carbocycles. The second kappa shape index (κ2) is 9.24. The number of nitrogens with zero attached hydrogens (tertiary/aromatic N) is 1. The molecule has 0 aliphatic rings. The number of thioether (sulfide) groups is 1. The maximum Gasteiger partial charge on any atom is 0.256 e. The minimum absolute atomic E-state index is 0.204. The first kappa shape index (κ1) is 19.0. The van der Waals surface area contributed by atoms with Crippen LogP contribution in [0.15, 0.2) is 66.9 Å². The minimum atomic E-state index is -0.204. The number of carbonyl (C=O) groups is 1. The molecule has 0 aliphatic heterocycles. The van der Waals surface area contributed by atoms with Crippen LogP contribution in [0.5, 0.6) is 5.75 Å². The van der Waals surface area contributed by atoms with Gasteiger partial charge in [-0.25, -0.2) is 4.98 Å². The number of aryl methyl sites for hydroxylation is 1. The standard InChI is InChI=1S/C22H22N2O2S/c1-16-6-3-4-7-19(16)14-26-20-8-5-13-23-21(20)24-22(25)18-11-9-17(10-12-18)15-27-2/h3-13H,14-15H2,1-2H3,(H,23,24,25). The van der Waals surface area contributed by atoms with Gasteiger partial charge in [0.25, 0.3) is 5.91 Å². The molecule has 1 N–H and O–H groups in total. The van der Waals surface area contributed by atoms with E-state index in [9.17, 15) is 4.79 Å². The topological polar surface area (TPSA) is 51.2 Å². The summed E-state index contributed by atoms with van der Waals surface area (Å²) < 4.78 is 5.91. The van der Waals surface area contributed by atoms with Crippen molar-refractivity contribution in [3.8, 4) is 5.75 Å². The van der Waals surface area contributed by atoms with Gasteiger partial charge in [-0.1, -0.05) is 36.4 Å². The Morgan fingerprint density at radius 1 is 1.07 bits per heavy atom. The zero-order chi connectivity index (χ0) is 19.1. The van der Waals surface area contributed by atoms with E-state index in [-0.39, 0.29) is 5.91 Å². The fourth-order valence-corrected chi connectivity index (χ4v) is 3.15. The number of ether oxygens (including phenoxy) is 1. The molecule has 0 radical (unpaired) electrons. The first-order chi connectivity index (χ1) is 13.2. The van der Waals surface area contributed by atoms with Crippen LogP contribution >= 0.6 is 11.8 Å². The Kier molecular flexibility index (Phi) is 6.49. The highest BCUT2D eigenvalue weighted by molar-refractivity contribution is 7.97. The molecule has 3 aromatic rings. The van der Waals surface area contributed by atoms with Gasteiger partial charge >= 0.3 is 0 Å². The van der Waals surface area contributed by atoms with Gasteiger partial charge < -0.3 is 10.1 Å². The number of rotatable bonds is 7. The number of aromatic nitrogens is 1. The number of pyridine rings is 1. The van der Waals surface area contributed by atoms with E-state index in [1.807, 2.05) is 61.5 Å². The van der Waals surface area contributed by atoms with Gasteiger partial charge in [0.05, 0.1) is 0 Å². The Labute approximate surface area is 164 Å². The molecule has 3 rings (SSSR count). The lowest BCUT2D eigenvalue weighted by Gasteiger charge is -2.12. The summed E-state index contributed by atoms with van der Waals surface area (Å²) in [5, 5.41) is 2.85. The Morgan fingerprint density at radius 2 is 1.85 bits per heavy atom. The molecule has 138 valence electrons. The number of benzene rings is 2. The van der Waals surface area contributed by atoms with Gasteiger partial charge in [0.1, 0.15) is 6.61 Å². The maximum absolute atomic E-state index is 12.6. The summed E-state index contributed by atoms with van der Waals surface area (Å²) in [5.41, 5.74) is 4.05. The third-order valence-electron chi connectivity index (χ3n) is 4.17. The van der Waals surface area contributed by atoms with Crippen LogP contribution in [0.25, 0.3) is 0 Å². The summed E-state index contributed by atoms with van der Waals surface area (Å²) >= 11 is 1.75. The van der Waals surface area contributed by atoms with Crippen LogP contribution in [0.2, 0.25) is 0 Å². The molecule has 0 fully saturated rings. The predicted octanol–water partition coefficient (Wildman–Crippen LogP) is 5.08. The van der Waals surface area contributed by atoms with Gasteiger partial charge in [0.2, 0.25) is 0 Å². The molecule has 1 heterocycles. The van der Waals surface area contributed by atoms with Crippen LogP contribution in [-0.4, -0.2) is 17.1 Å². The molecular weight excluding hydrogens is 356 g/mol. The first-order valence-electron chi connectivity index (χ1n) is 8.69. The molecule has 0 bridgehead atoms. The summed E-state index contributed by atoms with van der Waals surface area (Å²) in [6.07, 6.45) is 3.69. The summed E-state index contributed by atoms with van der Waals surface area (Å²) in [6, 6.07) is 19.3. The van der Waals surface area contributed by atoms with Crippen molar-refractivity contribution in [2.75, 3.05) is 11.6 Å². The van der Waals surface area contributed by atoms with Gasteiger partial charge in [0.15, 0.2) is 11.6 Å². The molecule has 0 saturated heterocycles. The van der Waals surface area contributed by atoms with Crippen LogP contribution in [-0.2, 0) is 12.4 Å². The fraction of sp³-hybridized carbons (Fsp3) is 0.182. The molecule has 0 saturated carbocycles. The molecule has 4 nitrogen and oxygen atoms in total. The zero-order valence-electron chi connectivity index (χ0n) is 15.4. The van der Waals surface area contributed by atoms with Crippen LogP contribution in [0, 0.1) is 6.92 Å². The maximum atomic E-state index is 12.6. The van der Waals surface area contributed by atoms with Gasteiger partial charge in [-0.2, -0.15) is 11.8 Å². The van der Waals surface area contributed by atoms with E-state index in [1.165, 1.54) is 5.56 Å². The number of anilines is 1. The van der Waals surface area contributed by atoms with Crippen molar-refractivity contribution >= 4 is 23.5 Å². The van der Waals surface area contributed by atoms with E-state index < -0.39 is 0 Å². The van der Waals surface area contributed by atoms with Crippen LogP contribution < -0.4 is 10.1 Å². The van der Waals surface area contributed by atoms with Gasteiger partial charge in [0, 0.05) is 17.5 Å². The molecule has 27 heavy (non-hydrogen) atoms. The SMILES string of the molecule is CSCc1ccc(C(=O)Nc2ncccc2OCc2ccccc2C)cc1. The van der Waals surface area contributed by atoms with Crippen LogP contribution in [0.4, 0.5) is 5.82 Å². The average molecular weight is 378 g/mol. The summed E-state index contributed by atoms with van der Waals surface area (Å²) in [4.78, 5) is 16.8. The van der Waals surface area contributed by atoms with Crippen molar-refractivity contribution in [3.05, 3.63) is 89.1 Å². The highest BCUT2D eigenvalue weighted by Gasteiger charge is 2.11.